The molecular weight excluding hydrogens is 284 g/mol. The Morgan fingerprint density at radius 3 is 2.73 bits per heavy atom. The van der Waals surface area contributed by atoms with Gasteiger partial charge in [-0.1, -0.05) is 0 Å². The summed E-state index contributed by atoms with van der Waals surface area (Å²) >= 11 is 0. The average molecular weight is 310 g/mol. The molecule has 1 aromatic rings. The van der Waals surface area contributed by atoms with Crippen LogP contribution in [0.3, 0.4) is 0 Å². The Hall–Kier alpha value is -1.60. The summed E-state index contributed by atoms with van der Waals surface area (Å²) in [6.07, 6.45) is 3.16. The van der Waals surface area contributed by atoms with Crippen LogP contribution < -0.4 is 15.8 Å². The number of nitrogens with one attached hydrogen (secondary N) is 1. The lowest BCUT2D eigenvalue weighted by atomic mass is 10.3. The molecule has 124 valence electrons. The molecule has 0 unspecified atom stereocenters. The molecule has 0 saturated heterocycles. The van der Waals surface area contributed by atoms with Gasteiger partial charge in [0.25, 0.3) is 0 Å². The minimum Gasteiger partial charge on any atom is -0.474 e. The minimum atomic E-state index is 0.422. The van der Waals surface area contributed by atoms with Crippen LogP contribution in [0.4, 0.5) is 11.5 Å². The van der Waals surface area contributed by atoms with Crippen molar-refractivity contribution in [1.82, 2.24) is 9.97 Å². The summed E-state index contributed by atoms with van der Waals surface area (Å²) in [5.74, 6) is 2.35. The van der Waals surface area contributed by atoms with Gasteiger partial charge in [0, 0.05) is 32.8 Å². The summed E-state index contributed by atoms with van der Waals surface area (Å²) in [5.41, 5.74) is 6.57. The molecule has 7 nitrogen and oxygen atoms in total. The Balaban J connectivity index is 1.99. The van der Waals surface area contributed by atoms with Gasteiger partial charge in [0.15, 0.2) is 5.82 Å². The molecule has 7 heteroatoms. The number of hydrogen-bond donors (Lipinski definition) is 2. The van der Waals surface area contributed by atoms with E-state index in [-0.39, 0.29) is 0 Å². The van der Waals surface area contributed by atoms with E-state index in [4.69, 9.17) is 19.9 Å². The molecule has 1 fully saturated rings. The molecule has 0 aliphatic heterocycles. The van der Waals surface area contributed by atoms with Crippen LogP contribution in [0, 0.1) is 0 Å². The van der Waals surface area contributed by atoms with Crippen LogP contribution in [0.25, 0.3) is 0 Å². The van der Waals surface area contributed by atoms with Crippen LogP contribution in [0.5, 0.6) is 5.88 Å². The molecule has 0 radical (unpaired) electrons. The van der Waals surface area contributed by atoms with Gasteiger partial charge in [-0.05, 0) is 26.2 Å². The third-order valence-corrected chi connectivity index (χ3v) is 3.36. The third kappa shape index (κ3) is 4.99. The highest BCUT2D eigenvalue weighted by Crippen LogP contribution is 2.40. The summed E-state index contributed by atoms with van der Waals surface area (Å²) < 4.78 is 15.9. The smallest absolute Gasteiger partial charge is 0.242 e. The number of anilines is 2. The highest BCUT2D eigenvalue weighted by atomic mass is 16.5. The van der Waals surface area contributed by atoms with E-state index in [1.165, 1.54) is 0 Å². The van der Waals surface area contributed by atoms with Crippen LogP contribution >= 0.6 is 0 Å². The zero-order chi connectivity index (χ0) is 15.8. The first-order valence-corrected chi connectivity index (χ1v) is 7.87. The van der Waals surface area contributed by atoms with E-state index in [9.17, 15) is 0 Å². The van der Waals surface area contributed by atoms with Crippen molar-refractivity contribution in [3.8, 4) is 5.88 Å². The largest absolute Gasteiger partial charge is 0.474 e. The van der Waals surface area contributed by atoms with Crippen molar-refractivity contribution in [2.75, 3.05) is 51.1 Å². The highest BCUT2D eigenvalue weighted by molar-refractivity contribution is 5.67. The lowest BCUT2D eigenvalue weighted by molar-refractivity contribution is 0.144. The maximum atomic E-state index is 6.11. The Morgan fingerprint density at radius 1 is 1.23 bits per heavy atom. The summed E-state index contributed by atoms with van der Waals surface area (Å²) in [6, 6.07) is 0. The summed E-state index contributed by atoms with van der Waals surface area (Å²) in [7, 11) is 1.63. The monoisotopic (exact) mass is 310 g/mol. The molecule has 1 saturated carbocycles. The molecule has 0 spiro atoms. The van der Waals surface area contributed by atoms with Gasteiger partial charge in [-0.25, -0.2) is 4.98 Å². The standard InChI is InChI=1S/C15H26N4O3/c1-3-21-8-4-7-17-14-12(16)15(22-10-9-20-2)19-13(18-14)11-5-6-11/h11H,3-10,16H2,1-2H3,(H,17,18,19). The Bertz CT molecular complexity index is 466. The number of nitrogen functional groups attached to an aromatic ring is 1. The Labute approximate surface area is 131 Å². The van der Waals surface area contributed by atoms with E-state index in [1.807, 2.05) is 6.92 Å². The summed E-state index contributed by atoms with van der Waals surface area (Å²) in [6.45, 7) is 5.12. The number of hydrogen-bond acceptors (Lipinski definition) is 7. The second-order valence-electron chi connectivity index (χ2n) is 5.24. The number of ether oxygens (including phenoxy) is 3. The molecule has 0 bridgehead atoms. The van der Waals surface area contributed by atoms with Gasteiger partial charge < -0.3 is 25.3 Å². The number of nitrogens with two attached hydrogens (primary N) is 1. The number of rotatable bonds is 11. The van der Waals surface area contributed by atoms with Gasteiger partial charge >= 0.3 is 0 Å². The van der Waals surface area contributed by atoms with Gasteiger partial charge in [0.1, 0.15) is 18.1 Å². The Morgan fingerprint density at radius 2 is 2.05 bits per heavy atom. The maximum Gasteiger partial charge on any atom is 0.242 e. The molecule has 0 atom stereocenters. The van der Waals surface area contributed by atoms with E-state index in [1.54, 1.807) is 7.11 Å². The summed E-state index contributed by atoms with van der Waals surface area (Å²) in [4.78, 5) is 8.99. The van der Waals surface area contributed by atoms with Crippen LogP contribution in [0.1, 0.15) is 37.9 Å². The van der Waals surface area contributed by atoms with Crippen LogP contribution in [-0.4, -0.2) is 50.1 Å². The van der Waals surface area contributed by atoms with E-state index < -0.39 is 0 Å². The van der Waals surface area contributed by atoms with Crippen LogP contribution in [0.2, 0.25) is 0 Å². The molecule has 0 aromatic carbocycles. The molecule has 1 aromatic heterocycles. The first kappa shape index (κ1) is 16.8. The number of nitrogens with zero attached hydrogens (tertiary/aromatic N) is 2. The van der Waals surface area contributed by atoms with Gasteiger partial charge in [0.05, 0.1) is 6.61 Å². The van der Waals surface area contributed by atoms with Crippen molar-refractivity contribution in [2.45, 2.75) is 32.1 Å². The number of methoxy groups -OCH3 is 1. The van der Waals surface area contributed by atoms with Crippen molar-refractivity contribution in [1.29, 1.82) is 0 Å². The highest BCUT2D eigenvalue weighted by Gasteiger charge is 2.28. The Kier molecular flexibility index (Phi) is 6.67. The van der Waals surface area contributed by atoms with Gasteiger partial charge in [-0.3, -0.25) is 0 Å². The van der Waals surface area contributed by atoms with Gasteiger partial charge in [0.2, 0.25) is 5.88 Å². The molecule has 1 aliphatic rings. The molecule has 3 N–H and O–H groups in total. The second-order valence-corrected chi connectivity index (χ2v) is 5.24. The third-order valence-electron chi connectivity index (χ3n) is 3.36. The molecule has 1 heterocycles. The minimum absolute atomic E-state index is 0.422. The normalized spacial score (nSPS) is 14.1. The maximum absolute atomic E-state index is 6.11. The van der Waals surface area contributed by atoms with Crippen molar-refractivity contribution in [3.05, 3.63) is 5.82 Å². The van der Waals surface area contributed by atoms with E-state index in [0.717, 1.165) is 44.8 Å². The van der Waals surface area contributed by atoms with Crippen molar-refractivity contribution >= 4 is 11.5 Å². The molecular formula is C15H26N4O3. The van der Waals surface area contributed by atoms with Crippen LogP contribution in [-0.2, 0) is 9.47 Å². The zero-order valence-electron chi connectivity index (χ0n) is 13.4. The SMILES string of the molecule is CCOCCCNc1nc(C2CC2)nc(OCCOC)c1N. The first-order chi connectivity index (χ1) is 10.8. The first-order valence-electron chi connectivity index (χ1n) is 7.87. The quantitative estimate of drug-likeness (QED) is 0.602. The molecule has 2 rings (SSSR count). The fourth-order valence-electron chi connectivity index (χ4n) is 1.98. The van der Waals surface area contributed by atoms with E-state index in [0.29, 0.717) is 36.5 Å². The lowest BCUT2D eigenvalue weighted by Gasteiger charge is -2.14. The second kappa shape index (κ2) is 8.75. The van der Waals surface area contributed by atoms with Crippen LogP contribution in [0.15, 0.2) is 0 Å². The van der Waals surface area contributed by atoms with Gasteiger partial charge in [-0.15, -0.1) is 0 Å². The van der Waals surface area contributed by atoms with Crippen molar-refractivity contribution in [3.63, 3.8) is 0 Å². The van der Waals surface area contributed by atoms with E-state index in [2.05, 4.69) is 15.3 Å². The summed E-state index contributed by atoms with van der Waals surface area (Å²) in [5, 5.41) is 3.26. The fraction of sp³-hybridized carbons (Fsp3) is 0.733. The van der Waals surface area contributed by atoms with Crippen molar-refractivity contribution in [2.24, 2.45) is 0 Å². The number of aromatic nitrogens is 2. The molecule has 1 aliphatic carbocycles. The zero-order valence-corrected chi connectivity index (χ0v) is 13.4. The fourth-order valence-corrected chi connectivity index (χ4v) is 1.98. The van der Waals surface area contributed by atoms with Crippen molar-refractivity contribution < 1.29 is 14.2 Å². The predicted octanol–water partition coefficient (Wildman–Crippen LogP) is 1.80. The van der Waals surface area contributed by atoms with E-state index >= 15 is 0 Å². The molecule has 0 amide bonds. The lowest BCUT2D eigenvalue weighted by Crippen LogP contribution is -2.14. The average Bonchev–Trinajstić information content (AvgIpc) is 3.35. The topological polar surface area (TPSA) is 91.5 Å². The molecule has 22 heavy (non-hydrogen) atoms. The van der Waals surface area contributed by atoms with Gasteiger partial charge in [-0.2, -0.15) is 4.98 Å². The predicted molar refractivity (Wildman–Crippen MR) is 85.4 cm³/mol.